The second-order valence-corrected chi connectivity index (χ2v) is 14.7. The van der Waals surface area contributed by atoms with Gasteiger partial charge in [0.1, 0.15) is 11.3 Å². The number of carbonyl (C=O) groups is 2. The summed E-state index contributed by atoms with van der Waals surface area (Å²) in [6.07, 6.45) is 7.12. The van der Waals surface area contributed by atoms with Crippen molar-refractivity contribution >= 4 is 39.8 Å². The molecule has 260 valence electrons. The number of nitrogens with one attached hydrogen (secondary N) is 1. The Labute approximate surface area is 286 Å². The van der Waals surface area contributed by atoms with Crippen LogP contribution in [0.1, 0.15) is 82.4 Å². The van der Waals surface area contributed by atoms with Crippen molar-refractivity contribution in [1.29, 1.82) is 0 Å². The molecule has 0 radical (unpaired) electrons. The van der Waals surface area contributed by atoms with Crippen molar-refractivity contribution in [3.05, 3.63) is 65.4 Å². The molecule has 6 rings (SSSR count). The first-order valence-electron chi connectivity index (χ1n) is 16.9. The van der Waals surface area contributed by atoms with Gasteiger partial charge in [0.25, 0.3) is 5.91 Å². The van der Waals surface area contributed by atoms with Crippen LogP contribution in [0.2, 0.25) is 0 Å². The fraction of sp³-hybridized carbons (Fsp3) is 0.528. The van der Waals surface area contributed by atoms with Crippen LogP contribution in [0.15, 0.2) is 42.7 Å². The molecular formula is C36H46N8O5. The lowest BCUT2D eigenvalue weighted by Crippen LogP contribution is -2.59. The maximum absolute atomic E-state index is 13.5. The van der Waals surface area contributed by atoms with Gasteiger partial charge in [-0.3, -0.25) is 14.4 Å². The zero-order valence-electron chi connectivity index (χ0n) is 29.1. The van der Waals surface area contributed by atoms with Crippen LogP contribution >= 0.6 is 0 Å². The van der Waals surface area contributed by atoms with Crippen molar-refractivity contribution in [3.63, 3.8) is 0 Å². The Hall–Kier alpha value is -4.51. The monoisotopic (exact) mass is 670 g/mol. The lowest BCUT2D eigenvalue weighted by atomic mass is 9.89. The van der Waals surface area contributed by atoms with E-state index in [2.05, 4.69) is 20.2 Å². The number of nitrogens with zero attached hydrogens (tertiary/aromatic N) is 7. The van der Waals surface area contributed by atoms with Gasteiger partial charge in [0.15, 0.2) is 0 Å². The Morgan fingerprint density at radius 2 is 1.80 bits per heavy atom. The third-order valence-electron chi connectivity index (χ3n) is 9.47. The topological polar surface area (TPSA) is 131 Å². The standard InChI is InChI=1S/C36H46N8O5/c1-35(2,3)49-34(46)42-15-14-41(21-28(42)22-48-7)25-8-10-26(11-9-25)43-20-23-16-31(29(36(4,5)47)18-30(23)40-43)39-33(45)32-13-12-27-17-24(37-6)19-38-44(27)32/h12-13,16-20,25-26,28,47H,8-11,14-15,21-22H2,1-5,7H3,(H,39,45)/t25?,26?,28-/m1/s1. The predicted octanol–water partition coefficient (Wildman–Crippen LogP) is 5.77. The third-order valence-corrected chi connectivity index (χ3v) is 9.47. The average molecular weight is 671 g/mol. The molecule has 1 aromatic carbocycles. The number of aromatic nitrogens is 4. The molecular weight excluding hydrogens is 624 g/mol. The predicted molar refractivity (Wildman–Crippen MR) is 186 cm³/mol. The van der Waals surface area contributed by atoms with E-state index in [1.165, 1.54) is 10.7 Å². The number of benzene rings is 1. The summed E-state index contributed by atoms with van der Waals surface area (Å²) in [6.45, 7) is 18.9. The van der Waals surface area contributed by atoms with Crippen molar-refractivity contribution < 1.29 is 24.2 Å². The van der Waals surface area contributed by atoms with Gasteiger partial charge in [0.05, 0.1) is 48.1 Å². The van der Waals surface area contributed by atoms with E-state index < -0.39 is 11.2 Å². The zero-order chi connectivity index (χ0) is 35.1. The van der Waals surface area contributed by atoms with E-state index in [4.69, 9.17) is 21.1 Å². The fourth-order valence-corrected chi connectivity index (χ4v) is 7.09. The summed E-state index contributed by atoms with van der Waals surface area (Å²) in [5.74, 6) is -0.377. The number of methoxy groups -OCH3 is 1. The third kappa shape index (κ3) is 7.41. The summed E-state index contributed by atoms with van der Waals surface area (Å²) in [5, 5.41) is 24.2. The maximum atomic E-state index is 13.5. The van der Waals surface area contributed by atoms with E-state index in [1.54, 1.807) is 39.2 Å². The molecule has 4 heterocycles. The number of ether oxygens (including phenoxy) is 2. The zero-order valence-corrected chi connectivity index (χ0v) is 29.1. The van der Waals surface area contributed by atoms with E-state index >= 15 is 0 Å². The van der Waals surface area contributed by atoms with E-state index in [0.717, 1.165) is 49.7 Å². The molecule has 2 amide bonds. The first-order chi connectivity index (χ1) is 23.2. The van der Waals surface area contributed by atoms with Gasteiger partial charge < -0.3 is 24.8 Å². The highest BCUT2D eigenvalue weighted by molar-refractivity contribution is 6.05. The SMILES string of the molecule is [C-]#[N+]c1cnn2c(C(=O)Nc3cc4cn(C5CCC(N6CCN(C(=O)OC(C)(C)C)[C@@H](COC)C6)CC5)nc4cc3C(C)(C)O)ccc2c1. The Morgan fingerprint density at radius 3 is 2.47 bits per heavy atom. The molecule has 1 saturated heterocycles. The van der Waals surface area contributed by atoms with E-state index in [1.807, 2.05) is 48.7 Å². The van der Waals surface area contributed by atoms with Crippen LogP contribution in [-0.4, -0.2) is 97.3 Å². The molecule has 1 saturated carbocycles. The molecule has 1 aliphatic carbocycles. The summed E-state index contributed by atoms with van der Waals surface area (Å²) in [7, 11) is 1.67. The Bertz CT molecular complexity index is 1890. The van der Waals surface area contributed by atoms with Crippen molar-refractivity contribution in [2.75, 3.05) is 38.7 Å². The lowest BCUT2D eigenvalue weighted by Gasteiger charge is -2.45. The van der Waals surface area contributed by atoms with Gasteiger partial charge in [-0.25, -0.2) is 14.2 Å². The Kier molecular flexibility index (Phi) is 9.41. The highest BCUT2D eigenvalue weighted by Crippen LogP contribution is 2.36. The van der Waals surface area contributed by atoms with Crippen LogP contribution in [0.25, 0.3) is 21.3 Å². The van der Waals surface area contributed by atoms with Gasteiger partial charge in [-0.1, -0.05) is 0 Å². The Morgan fingerprint density at radius 1 is 1.06 bits per heavy atom. The van der Waals surface area contributed by atoms with Crippen molar-refractivity contribution in [3.8, 4) is 0 Å². The van der Waals surface area contributed by atoms with Crippen LogP contribution in [0.3, 0.4) is 0 Å². The number of amides is 2. The number of hydrogen-bond acceptors (Lipinski definition) is 8. The molecule has 13 heteroatoms. The lowest BCUT2D eigenvalue weighted by molar-refractivity contribution is -0.0270. The Balaban J connectivity index is 1.15. The summed E-state index contributed by atoms with van der Waals surface area (Å²) in [5.41, 5.74) is 1.38. The van der Waals surface area contributed by atoms with Crippen molar-refractivity contribution in [2.24, 2.45) is 0 Å². The number of fused-ring (bicyclic) bond motifs is 2. The van der Waals surface area contributed by atoms with Crippen LogP contribution in [-0.2, 0) is 15.1 Å². The molecule has 49 heavy (non-hydrogen) atoms. The van der Waals surface area contributed by atoms with Gasteiger partial charge >= 0.3 is 6.09 Å². The molecule has 1 atom stereocenters. The smallest absolute Gasteiger partial charge is 0.410 e. The molecule has 2 fully saturated rings. The van der Waals surface area contributed by atoms with E-state index in [-0.39, 0.29) is 24.1 Å². The molecule has 0 unspecified atom stereocenters. The van der Waals surface area contributed by atoms with E-state index in [9.17, 15) is 14.7 Å². The minimum absolute atomic E-state index is 0.0624. The highest BCUT2D eigenvalue weighted by Gasteiger charge is 2.37. The molecule has 3 aromatic heterocycles. The van der Waals surface area contributed by atoms with Crippen LogP contribution in [0.4, 0.5) is 16.2 Å². The van der Waals surface area contributed by atoms with Crippen molar-refractivity contribution in [1.82, 2.24) is 29.2 Å². The van der Waals surface area contributed by atoms with Gasteiger partial charge in [0, 0.05) is 55.6 Å². The van der Waals surface area contributed by atoms with Crippen LogP contribution in [0.5, 0.6) is 0 Å². The van der Waals surface area contributed by atoms with Gasteiger partial charge in [0.2, 0.25) is 5.69 Å². The summed E-state index contributed by atoms with van der Waals surface area (Å²) < 4.78 is 14.7. The molecule has 0 bridgehead atoms. The van der Waals surface area contributed by atoms with Gasteiger partial charge in [-0.15, -0.1) is 0 Å². The number of aliphatic hydroxyl groups is 1. The van der Waals surface area contributed by atoms with Crippen molar-refractivity contribution in [2.45, 2.75) is 89.6 Å². The largest absolute Gasteiger partial charge is 0.444 e. The van der Waals surface area contributed by atoms with Gasteiger partial charge in [-0.05, 0) is 90.6 Å². The highest BCUT2D eigenvalue weighted by atomic mass is 16.6. The number of piperazine rings is 1. The number of carbonyl (C=O) groups excluding carboxylic acids is 2. The normalized spacial score (nSPS) is 20.8. The second kappa shape index (κ2) is 13.4. The molecule has 1 aliphatic heterocycles. The molecule has 2 N–H and O–H groups in total. The molecule has 13 nitrogen and oxygen atoms in total. The minimum Gasteiger partial charge on any atom is -0.444 e. The summed E-state index contributed by atoms with van der Waals surface area (Å²) in [6, 6.07) is 9.39. The first-order valence-corrected chi connectivity index (χ1v) is 16.9. The minimum atomic E-state index is -1.24. The van der Waals surface area contributed by atoms with Gasteiger partial charge in [-0.2, -0.15) is 10.2 Å². The van der Waals surface area contributed by atoms with Crippen LogP contribution in [0, 0.1) is 6.57 Å². The number of anilines is 1. The quantitative estimate of drug-likeness (QED) is 0.237. The van der Waals surface area contributed by atoms with E-state index in [0.29, 0.717) is 47.3 Å². The molecule has 4 aromatic rings. The summed E-state index contributed by atoms with van der Waals surface area (Å²) in [4.78, 5) is 34.1. The van der Waals surface area contributed by atoms with Crippen LogP contribution < -0.4 is 5.32 Å². The average Bonchev–Trinajstić information content (AvgIpc) is 3.67. The fourth-order valence-electron chi connectivity index (χ4n) is 7.09. The summed E-state index contributed by atoms with van der Waals surface area (Å²) >= 11 is 0. The number of hydrogen-bond donors (Lipinski definition) is 2. The number of rotatable bonds is 7. The first kappa shape index (κ1) is 34.4. The maximum Gasteiger partial charge on any atom is 0.410 e. The molecule has 2 aliphatic rings. The second-order valence-electron chi connectivity index (χ2n) is 14.7. The molecule has 0 spiro atoms.